The lowest BCUT2D eigenvalue weighted by molar-refractivity contribution is 0.0662. The Labute approximate surface area is 79.3 Å². The molecule has 0 saturated carbocycles. The van der Waals surface area contributed by atoms with E-state index >= 15 is 0 Å². The summed E-state index contributed by atoms with van der Waals surface area (Å²) in [5, 5.41) is 18.2. The molecule has 0 atom stereocenters. The Hall–Kier alpha value is -1.12. The highest BCUT2D eigenvalue weighted by molar-refractivity contribution is 4.89. The van der Waals surface area contributed by atoms with E-state index in [-0.39, 0.29) is 11.9 Å². The molecule has 0 aliphatic heterocycles. The highest BCUT2D eigenvalue weighted by Crippen LogP contribution is 2.04. The van der Waals surface area contributed by atoms with E-state index in [1.165, 1.54) is 12.2 Å². The predicted octanol–water partition coefficient (Wildman–Crippen LogP) is 3.40. The summed E-state index contributed by atoms with van der Waals surface area (Å²) < 4.78 is 4.69. The first-order chi connectivity index (χ1) is 6.20. The summed E-state index contributed by atoms with van der Waals surface area (Å²) in [5.41, 5.74) is 0. The minimum Gasteiger partial charge on any atom is -0.481 e. The van der Waals surface area contributed by atoms with Gasteiger partial charge in [-0.05, 0) is 25.0 Å². The molecule has 0 unspecified atom stereocenters. The molecule has 0 radical (unpaired) electrons. The molecule has 0 bridgehead atoms. The monoisotopic (exact) mass is 186 g/mol. The first-order valence-corrected chi connectivity index (χ1v) is 4.66. The molecular formula is C10H18O3. The Bertz CT molecular complexity index is 163. The van der Waals surface area contributed by atoms with Crippen LogP contribution in [0.25, 0.3) is 0 Å². The molecule has 2 N–H and O–H groups in total. The topological polar surface area (TPSA) is 49.7 Å². The summed E-state index contributed by atoms with van der Waals surface area (Å²) in [5.74, 6) is -0.460. The molecule has 0 saturated heterocycles. The fourth-order valence-corrected chi connectivity index (χ4v) is 0.726. The Kier molecular flexibility index (Phi) is 6.88. The average molecular weight is 186 g/mol. The van der Waals surface area contributed by atoms with Crippen molar-refractivity contribution in [1.29, 1.82) is 0 Å². The zero-order valence-electron chi connectivity index (χ0n) is 8.29. The first-order valence-electron chi connectivity index (χ1n) is 4.66. The Morgan fingerprint density at radius 2 is 1.38 bits per heavy atom. The molecule has 0 aliphatic rings. The fraction of sp³-hybridized carbons (Fsp3) is 0.600. The maximum absolute atomic E-state index is 9.09. The van der Waals surface area contributed by atoms with Gasteiger partial charge < -0.3 is 14.9 Å². The molecule has 13 heavy (non-hydrogen) atoms. The lowest BCUT2D eigenvalue weighted by Gasteiger charge is -2.01. The molecular weight excluding hydrogens is 168 g/mol. The van der Waals surface area contributed by atoms with E-state index in [1.54, 1.807) is 0 Å². The maximum atomic E-state index is 9.09. The summed E-state index contributed by atoms with van der Waals surface area (Å²) >= 11 is 0. The molecule has 0 rings (SSSR count). The van der Waals surface area contributed by atoms with Crippen LogP contribution in [-0.4, -0.2) is 10.2 Å². The van der Waals surface area contributed by atoms with Crippen molar-refractivity contribution >= 4 is 0 Å². The van der Waals surface area contributed by atoms with Crippen molar-refractivity contribution in [2.75, 3.05) is 0 Å². The first kappa shape index (κ1) is 11.9. The summed E-state index contributed by atoms with van der Waals surface area (Å²) in [4.78, 5) is 0. The van der Waals surface area contributed by atoms with E-state index in [9.17, 15) is 0 Å². The average Bonchev–Trinajstić information content (AvgIpc) is 2.11. The third-order valence-electron chi connectivity index (χ3n) is 1.42. The Balaban J connectivity index is 3.82. The van der Waals surface area contributed by atoms with Gasteiger partial charge in [0, 0.05) is 0 Å². The SMILES string of the molecule is CCC/C=C(\O)O/C(O)=C/CCC. The van der Waals surface area contributed by atoms with Crippen molar-refractivity contribution in [3.05, 3.63) is 24.0 Å². The van der Waals surface area contributed by atoms with Crippen LogP contribution in [0.4, 0.5) is 0 Å². The fourth-order valence-electron chi connectivity index (χ4n) is 0.726. The lowest BCUT2D eigenvalue weighted by Crippen LogP contribution is -1.91. The summed E-state index contributed by atoms with van der Waals surface area (Å²) in [6.07, 6.45) is 6.44. The third-order valence-corrected chi connectivity index (χ3v) is 1.42. The van der Waals surface area contributed by atoms with Gasteiger partial charge in [-0.2, -0.15) is 0 Å². The normalized spacial score (nSPS) is 13.1. The van der Waals surface area contributed by atoms with E-state index in [2.05, 4.69) is 4.74 Å². The molecule has 0 fully saturated rings. The van der Waals surface area contributed by atoms with Gasteiger partial charge in [0.25, 0.3) is 11.9 Å². The number of aliphatic hydroxyl groups is 2. The summed E-state index contributed by atoms with van der Waals surface area (Å²) in [6, 6.07) is 0. The van der Waals surface area contributed by atoms with E-state index in [0.29, 0.717) is 0 Å². The number of aliphatic hydroxyl groups excluding tert-OH is 2. The van der Waals surface area contributed by atoms with E-state index in [0.717, 1.165) is 25.7 Å². The second kappa shape index (κ2) is 7.53. The standard InChI is InChI=1S/C10H18O3/c1-3-5-7-9(11)13-10(12)8-6-4-2/h7-8,11-12H,3-6H2,1-2H3/b9-7+,10-8+. The molecule has 3 heteroatoms. The van der Waals surface area contributed by atoms with Crippen molar-refractivity contribution < 1.29 is 14.9 Å². The summed E-state index contributed by atoms with van der Waals surface area (Å²) in [7, 11) is 0. The molecule has 0 amide bonds. The minimum atomic E-state index is -0.230. The third kappa shape index (κ3) is 7.25. The van der Waals surface area contributed by atoms with Gasteiger partial charge in [0.05, 0.1) is 0 Å². The van der Waals surface area contributed by atoms with Gasteiger partial charge in [0.2, 0.25) is 0 Å². The van der Waals surface area contributed by atoms with Gasteiger partial charge in [-0.1, -0.05) is 26.7 Å². The quantitative estimate of drug-likeness (QED) is 0.625. The zero-order chi connectivity index (χ0) is 10.1. The van der Waals surface area contributed by atoms with Gasteiger partial charge in [0.15, 0.2) is 0 Å². The van der Waals surface area contributed by atoms with Crippen LogP contribution in [0, 0.1) is 0 Å². The Morgan fingerprint density at radius 1 is 1.00 bits per heavy atom. The van der Waals surface area contributed by atoms with Crippen LogP contribution in [0.2, 0.25) is 0 Å². The number of rotatable bonds is 6. The number of hydrogen-bond acceptors (Lipinski definition) is 3. The summed E-state index contributed by atoms with van der Waals surface area (Å²) in [6.45, 7) is 3.99. The molecule has 0 aliphatic carbocycles. The number of allylic oxidation sites excluding steroid dienone is 2. The van der Waals surface area contributed by atoms with Crippen LogP contribution in [0.3, 0.4) is 0 Å². The highest BCUT2D eigenvalue weighted by Gasteiger charge is 1.96. The van der Waals surface area contributed by atoms with Crippen LogP contribution in [0.1, 0.15) is 39.5 Å². The van der Waals surface area contributed by atoms with Crippen LogP contribution in [0.5, 0.6) is 0 Å². The molecule has 0 spiro atoms. The largest absolute Gasteiger partial charge is 0.481 e. The lowest BCUT2D eigenvalue weighted by atomic mass is 10.3. The predicted molar refractivity (Wildman–Crippen MR) is 52.3 cm³/mol. The van der Waals surface area contributed by atoms with Crippen LogP contribution in [-0.2, 0) is 4.74 Å². The van der Waals surface area contributed by atoms with Crippen molar-refractivity contribution in [3.63, 3.8) is 0 Å². The number of hydrogen-bond donors (Lipinski definition) is 2. The van der Waals surface area contributed by atoms with Crippen molar-refractivity contribution in [2.45, 2.75) is 39.5 Å². The Morgan fingerprint density at radius 3 is 1.69 bits per heavy atom. The van der Waals surface area contributed by atoms with E-state index < -0.39 is 0 Å². The van der Waals surface area contributed by atoms with Crippen LogP contribution < -0.4 is 0 Å². The van der Waals surface area contributed by atoms with Crippen LogP contribution >= 0.6 is 0 Å². The van der Waals surface area contributed by atoms with Gasteiger partial charge in [0.1, 0.15) is 0 Å². The molecule has 0 heterocycles. The molecule has 3 nitrogen and oxygen atoms in total. The van der Waals surface area contributed by atoms with Crippen molar-refractivity contribution in [1.82, 2.24) is 0 Å². The maximum Gasteiger partial charge on any atom is 0.280 e. The molecule has 0 aromatic heterocycles. The van der Waals surface area contributed by atoms with Gasteiger partial charge >= 0.3 is 0 Å². The van der Waals surface area contributed by atoms with Crippen molar-refractivity contribution in [2.24, 2.45) is 0 Å². The zero-order valence-corrected chi connectivity index (χ0v) is 8.29. The number of unbranched alkanes of at least 4 members (excludes halogenated alkanes) is 2. The van der Waals surface area contributed by atoms with Crippen molar-refractivity contribution in [3.8, 4) is 0 Å². The highest BCUT2D eigenvalue weighted by atomic mass is 16.7. The van der Waals surface area contributed by atoms with Gasteiger partial charge in [-0.3, -0.25) is 0 Å². The molecule has 76 valence electrons. The second-order valence-corrected chi connectivity index (χ2v) is 2.76. The molecule has 0 aromatic carbocycles. The number of ether oxygens (including phenoxy) is 1. The second-order valence-electron chi connectivity index (χ2n) is 2.76. The van der Waals surface area contributed by atoms with Gasteiger partial charge in [-0.15, -0.1) is 0 Å². The van der Waals surface area contributed by atoms with E-state index in [4.69, 9.17) is 10.2 Å². The van der Waals surface area contributed by atoms with Gasteiger partial charge in [-0.25, -0.2) is 0 Å². The van der Waals surface area contributed by atoms with Crippen LogP contribution in [0.15, 0.2) is 24.0 Å². The molecule has 0 aromatic rings. The minimum absolute atomic E-state index is 0.230. The van der Waals surface area contributed by atoms with E-state index in [1.807, 2.05) is 13.8 Å². The smallest absolute Gasteiger partial charge is 0.280 e.